The average Bonchev–Trinajstić information content (AvgIpc) is 2.84. The predicted molar refractivity (Wildman–Crippen MR) is 92.2 cm³/mol. The summed E-state index contributed by atoms with van der Waals surface area (Å²) >= 11 is 5.74. The molecule has 2 N–H and O–H groups in total. The highest BCUT2D eigenvalue weighted by atomic mass is 127. The third-order valence-electron chi connectivity index (χ3n) is 3.03. The van der Waals surface area contributed by atoms with Crippen LogP contribution >= 0.6 is 38.5 Å². The molecule has 0 unspecified atom stereocenters. The lowest BCUT2D eigenvalue weighted by Gasteiger charge is -2.05. The number of nitrogens with two attached hydrogens (primary N) is 1. The van der Waals surface area contributed by atoms with Crippen molar-refractivity contribution in [1.82, 2.24) is 5.16 Å². The third-order valence-corrected chi connectivity index (χ3v) is 4.40. The molecule has 2 aromatic carbocycles. The third kappa shape index (κ3) is 2.82. The van der Waals surface area contributed by atoms with Crippen LogP contribution in [-0.4, -0.2) is 5.16 Å². The van der Waals surface area contributed by atoms with E-state index in [1.807, 2.05) is 18.2 Å². The number of nitrogen functional groups attached to an aromatic ring is 1. The van der Waals surface area contributed by atoms with E-state index >= 15 is 0 Å². The molecule has 0 aliphatic rings. The number of anilines is 1. The summed E-state index contributed by atoms with van der Waals surface area (Å²) in [6.07, 6.45) is 0. The zero-order valence-electron chi connectivity index (χ0n) is 10.6. The van der Waals surface area contributed by atoms with E-state index in [1.165, 1.54) is 12.1 Å². The van der Waals surface area contributed by atoms with Crippen LogP contribution in [-0.2, 0) is 0 Å². The van der Waals surface area contributed by atoms with E-state index in [9.17, 15) is 4.39 Å². The summed E-state index contributed by atoms with van der Waals surface area (Å²) in [6, 6.07) is 12.0. The van der Waals surface area contributed by atoms with Crippen LogP contribution in [0.1, 0.15) is 0 Å². The molecule has 21 heavy (non-hydrogen) atoms. The van der Waals surface area contributed by atoms with E-state index < -0.39 is 0 Å². The number of hydrogen-bond acceptors (Lipinski definition) is 3. The van der Waals surface area contributed by atoms with Gasteiger partial charge in [0.2, 0.25) is 5.88 Å². The smallest absolute Gasteiger partial charge is 0.230 e. The normalized spacial score (nSPS) is 10.8. The topological polar surface area (TPSA) is 52.0 Å². The molecule has 0 fully saturated rings. The number of halogens is 3. The summed E-state index contributed by atoms with van der Waals surface area (Å²) in [7, 11) is 0. The maximum atomic E-state index is 13.1. The summed E-state index contributed by atoms with van der Waals surface area (Å²) in [5.74, 6) is -0.0897. The standard InChI is InChI=1S/C15H9BrFIN2O/c16-12-6-5-10(18)7-11(12)14-13(15(19)21-20-14)8-1-3-9(17)4-2-8/h1-7H,19H2. The summed E-state index contributed by atoms with van der Waals surface area (Å²) in [5.41, 5.74) is 8.83. The van der Waals surface area contributed by atoms with Crippen LogP contribution in [0.5, 0.6) is 0 Å². The number of hydrogen-bond donors (Lipinski definition) is 1. The molecule has 0 saturated heterocycles. The molecule has 0 atom stereocenters. The summed E-state index contributed by atoms with van der Waals surface area (Å²) < 4.78 is 20.2. The number of aromatic nitrogens is 1. The van der Waals surface area contributed by atoms with Gasteiger partial charge >= 0.3 is 0 Å². The quantitative estimate of drug-likeness (QED) is 0.543. The maximum Gasteiger partial charge on any atom is 0.230 e. The highest BCUT2D eigenvalue weighted by molar-refractivity contribution is 14.1. The molecule has 0 aliphatic heterocycles. The molecule has 1 aromatic heterocycles. The van der Waals surface area contributed by atoms with Crippen molar-refractivity contribution in [1.29, 1.82) is 0 Å². The van der Waals surface area contributed by atoms with Gasteiger partial charge in [0.05, 0.1) is 5.56 Å². The fourth-order valence-corrected chi connectivity index (χ4v) is 2.99. The van der Waals surface area contributed by atoms with Crippen LogP contribution in [0.2, 0.25) is 0 Å². The van der Waals surface area contributed by atoms with Gasteiger partial charge in [0.15, 0.2) is 0 Å². The van der Waals surface area contributed by atoms with Crippen molar-refractivity contribution in [2.75, 3.05) is 5.73 Å². The van der Waals surface area contributed by atoms with Crippen LogP contribution < -0.4 is 5.73 Å². The van der Waals surface area contributed by atoms with Crippen molar-refractivity contribution < 1.29 is 8.91 Å². The molecule has 0 saturated carbocycles. The van der Waals surface area contributed by atoms with E-state index in [1.54, 1.807) is 12.1 Å². The van der Waals surface area contributed by atoms with Gasteiger partial charge in [0.25, 0.3) is 0 Å². The van der Waals surface area contributed by atoms with Gasteiger partial charge in [-0.3, -0.25) is 0 Å². The van der Waals surface area contributed by atoms with E-state index in [0.717, 1.165) is 19.2 Å². The first kappa shape index (κ1) is 14.5. The SMILES string of the molecule is Nc1onc(-c2cc(I)ccc2Br)c1-c1ccc(F)cc1. The van der Waals surface area contributed by atoms with Crippen LogP contribution in [0, 0.1) is 9.39 Å². The Morgan fingerprint density at radius 3 is 2.57 bits per heavy atom. The highest BCUT2D eigenvalue weighted by Gasteiger charge is 2.19. The largest absolute Gasteiger partial charge is 0.367 e. The zero-order valence-corrected chi connectivity index (χ0v) is 14.4. The average molecular weight is 459 g/mol. The Hall–Kier alpha value is -1.41. The van der Waals surface area contributed by atoms with Gasteiger partial charge in [0.1, 0.15) is 11.5 Å². The van der Waals surface area contributed by atoms with Gasteiger partial charge in [-0.15, -0.1) is 0 Å². The van der Waals surface area contributed by atoms with E-state index in [2.05, 4.69) is 43.7 Å². The second kappa shape index (κ2) is 5.76. The van der Waals surface area contributed by atoms with Crippen LogP contribution in [0.4, 0.5) is 10.3 Å². The molecular weight excluding hydrogens is 450 g/mol. The van der Waals surface area contributed by atoms with Gasteiger partial charge in [-0.2, -0.15) is 0 Å². The summed E-state index contributed by atoms with van der Waals surface area (Å²) in [4.78, 5) is 0. The molecular formula is C15H9BrFIN2O. The molecule has 0 radical (unpaired) electrons. The Morgan fingerprint density at radius 2 is 1.86 bits per heavy atom. The Balaban J connectivity index is 2.21. The first-order valence-corrected chi connectivity index (χ1v) is 7.90. The van der Waals surface area contributed by atoms with Crippen LogP contribution in [0.3, 0.4) is 0 Å². The summed E-state index contributed by atoms with van der Waals surface area (Å²) in [5, 5.41) is 4.06. The van der Waals surface area contributed by atoms with E-state index in [-0.39, 0.29) is 11.7 Å². The van der Waals surface area contributed by atoms with E-state index in [4.69, 9.17) is 10.3 Å². The van der Waals surface area contributed by atoms with Crippen molar-refractivity contribution in [2.45, 2.75) is 0 Å². The van der Waals surface area contributed by atoms with E-state index in [0.29, 0.717) is 11.3 Å². The van der Waals surface area contributed by atoms with Crippen LogP contribution in [0.25, 0.3) is 22.4 Å². The second-order valence-corrected chi connectivity index (χ2v) is 6.50. The van der Waals surface area contributed by atoms with Crippen molar-refractivity contribution in [3.63, 3.8) is 0 Å². The fourth-order valence-electron chi connectivity index (χ4n) is 2.06. The molecule has 0 amide bonds. The second-order valence-electron chi connectivity index (χ2n) is 4.40. The first-order valence-electron chi connectivity index (χ1n) is 6.03. The molecule has 3 aromatic rings. The Kier molecular flexibility index (Phi) is 3.99. The Bertz CT molecular complexity index is 802. The molecule has 106 valence electrons. The summed E-state index contributed by atoms with van der Waals surface area (Å²) in [6.45, 7) is 0. The lowest BCUT2D eigenvalue weighted by Crippen LogP contribution is -1.89. The number of nitrogens with zero attached hydrogens (tertiary/aromatic N) is 1. The predicted octanol–water partition coefficient (Wildman–Crippen LogP) is 5.10. The molecule has 0 aliphatic carbocycles. The minimum absolute atomic E-state index is 0.211. The monoisotopic (exact) mass is 458 g/mol. The number of benzene rings is 2. The maximum absolute atomic E-state index is 13.1. The van der Waals surface area contributed by atoms with Crippen LogP contribution in [0.15, 0.2) is 51.5 Å². The molecule has 1 heterocycles. The van der Waals surface area contributed by atoms with Crippen molar-refractivity contribution in [2.24, 2.45) is 0 Å². The van der Waals surface area contributed by atoms with Crippen molar-refractivity contribution in [3.8, 4) is 22.4 Å². The fraction of sp³-hybridized carbons (Fsp3) is 0. The van der Waals surface area contributed by atoms with Gasteiger partial charge in [-0.05, 0) is 58.5 Å². The molecule has 3 nitrogen and oxygen atoms in total. The lowest BCUT2D eigenvalue weighted by molar-refractivity contribution is 0.439. The first-order chi connectivity index (χ1) is 10.1. The Morgan fingerprint density at radius 1 is 1.14 bits per heavy atom. The minimum atomic E-state index is -0.300. The van der Waals surface area contributed by atoms with Gasteiger partial charge < -0.3 is 10.3 Å². The minimum Gasteiger partial charge on any atom is -0.367 e. The Labute approximate surface area is 142 Å². The molecule has 0 spiro atoms. The van der Waals surface area contributed by atoms with Crippen molar-refractivity contribution >= 4 is 44.4 Å². The van der Waals surface area contributed by atoms with Gasteiger partial charge in [0, 0.05) is 13.6 Å². The molecule has 6 heteroatoms. The van der Waals surface area contributed by atoms with Gasteiger partial charge in [-0.1, -0.05) is 33.2 Å². The van der Waals surface area contributed by atoms with Gasteiger partial charge in [-0.25, -0.2) is 4.39 Å². The molecule has 0 bridgehead atoms. The lowest BCUT2D eigenvalue weighted by atomic mass is 10.0. The number of rotatable bonds is 2. The highest BCUT2D eigenvalue weighted by Crippen LogP contribution is 2.39. The zero-order chi connectivity index (χ0) is 15.0. The molecule has 3 rings (SSSR count). The van der Waals surface area contributed by atoms with Crippen molar-refractivity contribution in [3.05, 3.63) is 56.3 Å².